The molecule has 0 bridgehead atoms. The van der Waals surface area contributed by atoms with Crippen molar-refractivity contribution in [3.05, 3.63) is 70.8 Å². The molecule has 3 aliphatic heterocycles. The zero-order valence-electron chi connectivity index (χ0n) is 18.2. The Bertz CT molecular complexity index is 971. The van der Waals surface area contributed by atoms with Gasteiger partial charge in [0.15, 0.2) is 0 Å². The molecule has 0 radical (unpaired) electrons. The molecule has 5 heteroatoms. The standard InChI is InChI=1S/C26H32N2O2S/c29-31-20-22-6-1-2-7-23(22)26(24-8-3-4-9-25(24)31)21-10-14-27(15-11-21)12-5-13-28-16-18-30-19-17-28/h1-4,6-9H,5,10-20H2. The topological polar surface area (TPSA) is 32.8 Å². The van der Waals surface area contributed by atoms with E-state index in [0.717, 1.165) is 57.1 Å². The molecule has 0 saturated carbocycles. The highest BCUT2D eigenvalue weighted by molar-refractivity contribution is 7.84. The average molecular weight is 437 g/mol. The van der Waals surface area contributed by atoms with Crippen molar-refractivity contribution >= 4 is 16.4 Å². The van der Waals surface area contributed by atoms with Crippen molar-refractivity contribution in [2.24, 2.45) is 0 Å². The van der Waals surface area contributed by atoms with Gasteiger partial charge in [0.1, 0.15) is 0 Å². The Morgan fingerprint density at radius 2 is 1.45 bits per heavy atom. The van der Waals surface area contributed by atoms with E-state index in [1.165, 1.54) is 47.3 Å². The van der Waals surface area contributed by atoms with Gasteiger partial charge in [0.05, 0.1) is 29.8 Å². The van der Waals surface area contributed by atoms with Crippen LogP contribution < -0.4 is 0 Å². The quantitative estimate of drug-likeness (QED) is 0.727. The zero-order valence-corrected chi connectivity index (χ0v) is 19.0. The van der Waals surface area contributed by atoms with Crippen molar-refractivity contribution in [2.45, 2.75) is 29.9 Å². The molecule has 1 unspecified atom stereocenters. The maximum atomic E-state index is 13.1. The van der Waals surface area contributed by atoms with Crippen LogP contribution in [0.2, 0.25) is 0 Å². The first kappa shape index (κ1) is 21.1. The van der Waals surface area contributed by atoms with E-state index in [2.05, 4.69) is 52.3 Å². The predicted octanol–water partition coefficient (Wildman–Crippen LogP) is 3.93. The summed E-state index contributed by atoms with van der Waals surface area (Å²) in [6, 6.07) is 16.9. The minimum Gasteiger partial charge on any atom is -0.379 e. The molecule has 3 heterocycles. The second kappa shape index (κ2) is 9.78. The van der Waals surface area contributed by atoms with Crippen molar-refractivity contribution in [1.29, 1.82) is 0 Å². The number of fused-ring (bicyclic) bond motifs is 2. The van der Waals surface area contributed by atoms with Crippen LogP contribution in [-0.2, 0) is 21.3 Å². The highest BCUT2D eigenvalue weighted by Gasteiger charge is 2.26. The molecule has 2 aromatic carbocycles. The van der Waals surface area contributed by atoms with Crippen LogP contribution in [0.1, 0.15) is 36.0 Å². The molecule has 31 heavy (non-hydrogen) atoms. The Labute approximate surface area is 188 Å². The lowest BCUT2D eigenvalue weighted by atomic mass is 9.86. The smallest absolute Gasteiger partial charge is 0.0594 e. The average Bonchev–Trinajstić information content (AvgIpc) is 2.94. The number of ether oxygens (including phenoxy) is 1. The van der Waals surface area contributed by atoms with Crippen molar-refractivity contribution in [3.63, 3.8) is 0 Å². The predicted molar refractivity (Wildman–Crippen MR) is 127 cm³/mol. The van der Waals surface area contributed by atoms with E-state index in [9.17, 15) is 4.21 Å². The molecule has 2 aromatic rings. The highest BCUT2D eigenvalue weighted by Crippen LogP contribution is 2.39. The van der Waals surface area contributed by atoms with Crippen LogP contribution >= 0.6 is 0 Å². The molecule has 0 aromatic heterocycles. The van der Waals surface area contributed by atoms with Gasteiger partial charge in [-0.25, -0.2) is 0 Å². The second-order valence-electron chi connectivity index (χ2n) is 8.77. The van der Waals surface area contributed by atoms with Gasteiger partial charge in [-0.3, -0.25) is 9.11 Å². The third-order valence-electron chi connectivity index (χ3n) is 6.84. The van der Waals surface area contributed by atoms with Crippen LogP contribution in [0.3, 0.4) is 0 Å². The zero-order chi connectivity index (χ0) is 21.0. The van der Waals surface area contributed by atoms with Crippen molar-refractivity contribution < 1.29 is 8.95 Å². The van der Waals surface area contributed by atoms with Gasteiger partial charge in [-0.15, -0.1) is 0 Å². The summed E-state index contributed by atoms with van der Waals surface area (Å²) in [4.78, 5) is 6.14. The molecule has 4 nitrogen and oxygen atoms in total. The summed E-state index contributed by atoms with van der Waals surface area (Å²) in [5.74, 6) is 0.609. The van der Waals surface area contributed by atoms with Gasteiger partial charge in [-0.1, -0.05) is 48.0 Å². The minimum atomic E-state index is -0.991. The fourth-order valence-corrected chi connectivity index (χ4v) is 6.48. The molecule has 1 atom stereocenters. The van der Waals surface area contributed by atoms with E-state index in [4.69, 9.17) is 4.74 Å². The van der Waals surface area contributed by atoms with Crippen LogP contribution in [0, 0.1) is 0 Å². The maximum absolute atomic E-state index is 13.1. The number of likely N-dealkylation sites (tertiary alicyclic amines) is 1. The largest absolute Gasteiger partial charge is 0.379 e. The fraction of sp³-hybridized carbons (Fsp3) is 0.462. The summed E-state index contributed by atoms with van der Waals surface area (Å²) < 4.78 is 18.5. The summed E-state index contributed by atoms with van der Waals surface area (Å²) in [6.07, 6.45) is 3.43. The summed E-state index contributed by atoms with van der Waals surface area (Å²) in [5.41, 5.74) is 6.57. The maximum Gasteiger partial charge on any atom is 0.0594 e. The lowest BCUT2D eigenvalue weighted by molar-refractivity contribution is 0.0360. The van der Waals surface area contributed by atoms with Crippen LogP contribution in [0.5, 0.6) is 0 Å². The third-order valence-corrected chi connectivity index (χ3v) is 8.26. The van der Waals surface area contributed by atoms with E-state index in [1.807, 2.05) is 6.07 Å². The molecule has 3 aliphatic rings. The summed E-state index contributed by atoms with van der Waals surface area (Å²) >= 11 is 0. The number of hydrogen-bond acceptors (Lipinski definition) is 4. The first-order valence-corrected chi connectivity index (χ1v) is 12.9. The van der Waals surface area contributed by atoms with Crippen molar-refractivity contribution in [3.8, 4) is 0 Å². The van der Waals surface area contributed by atoms with Crippen molar-refractivity contribution in [1.82, 2.24) is 9.80 Å². The first-order valence-electron chi connectivity index (χ1n) is 11.6. The van der Waals surface area contributed by atoms with E-state index in [0.29, 0.717) is 5.75 Å². The van der Waals surface area contributed by atoms with Gasteiger partial charge >= 0.3 is 0 Å². The SMILES string of the molecule is O=S1Cc2ccccc2C(=C2CCN(CCCN3CCOCC3)CC2)c2ccccc21. The summed E-state index contributed by atoms with van der Waals surface area (Å²) in [6.45, 7) is 8.53. The Hall–Kier alpha value is -1.79. The molecule has 0 N–H and O–H groups in total. The summed E-state index contributed by atoms with van der Waals surface area (Å²) in [7, 11) is -0.991. The number of nitrogens with zero attached hydrogens (tertiary/aromatic N) is 2. The number of hydrogen-bond donors (Lipinski definition) is 0. The molecular weight excluding hydrogens is 404 g/mol. The third kappa shape index (κ3) is 4.70. The number of morpholine rings is 1. The number of piperidine rings is 1. The van der Waals surface area contributed by atoms with E-state index < -0.39 is 10.8 Å². The Morgan fingerprint density at radius 3 is 2.23 bits per heavy atom. The van der Waals surface area contributed by atoms with Crippen LogP contribution in [-0.4, -0.2) is 66.5 Å². The molecule has 0 amide bonds. The second-order valence-corrected chi connectivity index (χ2v) is 10.2. The Balaban J connectivity index is 1.33. The van der Waals surface area contributed by atoms with Crippen molar-refractivity contribution in [2.75, 3.05) is 52.5 Å². The fourth-order valence-electron chi connectivity index (χ4n) is 5.15. The van der Waals surface area contributed by atoms with Crippen LogP contribution in [0.25, 0.3) is 5.57 Å². The molecule has 2 fully saturated rings. The van der Waals surface area contributed by atoms with E-state index in [-0.39, 0.29) is 0 Å². The summed E-state index contributed by atoms with van der Waals surface area (Å²) in [5, 5.41) is 0. The molecule has 5 rings (SSSR count). The normalized spacial score (nSPS) is 22.6. The number of rotatable bonds is 4. The van der Waals surface area contributed by atoms with Gasteiger partial charge in [-0.05, 0) is 60.7 Å². The highest BCUT2D eigenvalue weighted by atomic mass is 32.2. The van der Waals surface area contributed by atoms with Crippen LogP contribution in [0.4, 0.5) is 0 Å². The molecule has 0 aliphatic carbocycles. The van der Waals surface area contributed by atoms with Gasteiger partial charge in [0, 0.05) is 31.1 Å². The molecule has 0 spiro atoms. The first-order chi connectivity index (χ1) is 15.3. The van der Waals surface area contributed by atoms with E-state index >= 15 is 0 Å². The molecule has 2 saturated heterocycles. The van der Waals surface area contributed by atoms with Gasteiger partial charge in [-0.2, -0.15) is 0 Å². The number of benzene rings is 2. The van der Waals surface area contributed by atoms with E-state index in [1.54, 1.807) is 0 Å². The lowest BCUT2D eigenvalue weighted by Crippen LogP contribution is -2.39. The van der Waals surface area contributed by atoms with Crippen LogP contribution in [0.15, 0.2) is 59.0 Å². The van der Waals surface area contributed by atoms with Gasteiger partial charge in [0.25, 0.3) is 0 Å². The van der Waals surface area contributed by atoms with Gasteiger partial charge in [0.2, 0.25) is 0 Å². The molecular formula is C26H32N2O2S. The minimum absolute atomic E-state index is 0.609. The molecule has 164 valence electrons. The van der Waals surface area contributed by atoms with Gasteiger partial charge < -0.3 is 9.64 Å². The lowest BCUT2D eigenvalue weighted by Gasteiger charge is -2.32. The monoisotopic (exact) mass is 436 g/mol. The Morgan fingerprint density at radius 1 is 0.806 bits per heavy atom. The Kier molecular flexibility index (Phi) is 6.65.